The van der Waals surface area contributed by atoms with Crippen molar-refractivity contribution >= 4 is 11.9 Å². The summed E-state index contributed by atoms with van der Waals surface area (Å²) in [5.41, 5.74) is -0.802. The molecule has 120 valence electrons. The van der Waals surface area contributed by atoms with E-state index in [0.29, 0.717) is 30.7 Å². The summed E-state index contributed by atoms with van der Waals surface area (Å²) in [6.45, 7) is 0.903. The molecule has 1 aromatic rings. The van der Waals surface area contributed by atoms with Gasteiger partial charge in [0.05, 0.1) is 11.6 Å². The molecule has 1 aliphatic heterocycles. The quantitative estimate of drug-likeness (QED) is 0.900. The fourth-order valence-electron chi connectivity index (χ4n) is 3.02. The van der Waals surface area contributed by atoms with E-state index in [2.05, 4.69) is 10.3 Å². The molecule has 2 fully saturated rings. The van der Waals surface area contributed by atoms with Crippen molar-refractivity contribution < 1.29 is 23.1 Å². The molecule has 1 aliphatic carbocycles. The Bertz CT molecular complexity index is 561. The summed E-state index contributed by atoms with van der Waals surface area (Å²) < 4.78 is 37.4. The first-order valence-electron chi connectivity index (χ1n) is 7.11. The lowest BCUT2D eigenvalue weighted by Crippen LogP contribution is -2.47. The average molecular weight is 315 g/mol. The highest BCUT2D eigenvalue weighted by atomic mass is 19.4. The van der Waals surface area contributed by atoms with Crippen molar-refractivity contribution in [1.29, 1.82) is 0 Å². The molecule has 0 spiro atoms. The third-order valence-electron chi connectivity index (χ3n) is 4.37. The Labute approximate surface area is 125 Å². The maximum atomic E-state index is 12.5. The summed E-state index contributed by atoms with van der Waals surface area (Å²) in [6, 6.07) is 2.06. The van der Waals surface area contributed by atoms with Crippen molar-refractivity contribution in [2.75, 3.05) is 18.4 Å². The number of rotatable bonds is 3. The number of halogens is 3. The van der Waals surface area contributed by atoms with E-state index in [-0.39, 0.29) is 6.04 Å². The van der Waals surface area contributed by atoms with E-state index >= 15 is 0 Å². The lowest BCUT2D eigenvalue weighted by Gasteiger charge is -2.33. The van der Waals surface area contributed by atoms with Gasteiger partial charge in [-0.15, -0.1) is 0 Å². The molecule has 22 heavy (non-hydrogen) atoms. The predicted molar refractivity (Wildman–Crippen MR) is 72.5 cm³/mol. The molecular weight excluding hydrogens is 299 g/mol. The second-order valence-electron chi connectivity index (χ2n) is 5.89. The van der Waals surface area contributed by atoms with Gasteiger partial charge in [0, 0.05) is 19.3 Å². The number of pyridine rings is 1. The van der Waals surface area contributed by atoms with E-state index < -0.39 is 17.8 Å². The zero-order valence-corrected chi connectivity index (χ0v) is 11.7. The van der Waals surface area contributed by atoms with Gasteiger partial charge in [0.15, 0.2) is 0 Å². The third-order valence-corrected chi connectivity index (χ3v) is 4.37. The number of carboxylic acid groups (broad SMARTS) is 1. The molecule has 3 rings (SSSR count). The van der Waals surface area contributed by atoms with Gasteiger partial charge in [-0.2, -0.15) is 13.2 Å². The minimum atomic E-state index is -4.41. The first-order valence-corrected chi connectivity index (χ1v) is 7.11. The van der Waals surface area contributed by atoms with Crippen LogP contribution in [0, 0.1) is 11.8 Å². The molecule has 0 aromatic carbocycles. The number of piperidine rings is 1. The highest BCUT2D eigenvalue weighted by Crippen LogP contribution is 2.47. The van der Waals surface area contributed by atoms with E-state index in [4.69, 9.17) is 0 Å². The van der Waals surface area contributed by atoms with Crippen molar-refractivity contribution in [2.24, 2.45) is 11.8 Å². The Hall–Kier alpha value is -1.99. The first-order chi connectivity index (χ1) is 10.3. The van der Waals surface area contributed by atoms with Crippen molar-refractivity contribution in [1.82, 2.24) is 9.88 Å². The van der Waals surface area contributed by atoms with Crippen LogP contribution in [0.3, 0.4) is 0 Å². The minimum Gasteiger partial charge on any atom is -0.465 e. The number of amides is 1. The Morgan fingerprint density at radius 2 is 2.14 bits per heavy atom. The largest absolute Gasteiger partial charge is 0.465 e. The highest BCUT2D eigenvalue weighted by Gasteiger charge is 2.47. The molecule has 3 atom stereocenters. The number of carbonyl (C=O) groups is 1. The molecule has 5 nitrogen and oxygen atoms in total. The molecule has 3 unspecified atom stereocenters. The maximum absolute atomic E-state index is 12.5. The number of hydrogen-bond acceptors (Lipinski definition) is 3. The fraction of sp³-hybridized carbons (Fsp3) is 0.571. The van der Waals surface area contributed by atoms with Gasteiger partial charge < -0.3 is 15.3 Å². The van der Waals surface area contributed by atoms with Crippen LogP contribution in [-0.2, 0) is 6.18 Å². The summed E-state index contributed by atoms with van der Waals surface area (Å²) in [5.74, 6) is 1.38. The average Bonchev–Trinajstić information content (AvgIpc) is 3.21. The van der Waals surface area contributed by atoms with Crippen LogP contribution in [0.15, 0.2) is 18.3 Å². The van der Waals surface area contributed by atoms with E-state index in [1.165, 1.54) is 11.0 Å². The molecule has 2 N–H and O–H groups in total. The van der Waals surface area contributed by atoms with E-state index in [1.54, 1.807) is 0 Å². The molecule has 0 radical (unpaired) electrons. The Kier molecular flexibility index (Phi) is 3.62. The van der Waals surface area contributed by atoms with Gasteiger partial charge in [-0.05, 0) is 36.8 Å². The van der Waals surface area contributed by atoms with Crippen molar-refractivity contribution in [2.45, 2.75) is 25.1 Å². The van der Waals surface area contributed by atoms with E-state index in [1.807, 2.05) is 0 Å². The van der Waals surface area contributed by atoms with E-state index in [9.17, 15) is 23.1 Å². The SMILES string of the molecule is O=C(O)N1CC2CC2CC1CNc1ccc(C(F)(F)F)cn1. The van der Waals surface area contributed by atoms with Gasteiger partial charge >= 0.3 is 12.3 Å². The zero-order chi connectivity index (χ0) is 15.9. The molecule has 2 aliphatic rings. The van der Waals surface area contributed by atoms with Crippen LogP contribution in [0.2, 0.25) is 0 Å². The molecule has 0 bridgehead atoms. The van der Waals surface area contributed by atoms with Crippen LogP contribution >= 0.6 is 0 Å². The smallest absolute Gasteiger partial charge is 0.417 e. The summed E-state index contributed by atoms with van der Waals surface area (Å²) in [5, 5.41) is 12.2. The highest BCUT2D eigenvalue weighted by molar-refractivity contribution is 5.66. The van der Waals surface area contributed by atoms with Gasteiger partial charge in [-0.25, -0.2) is 9.78 Å². The molecule has 8 heteroatoms. The van der Waals surface area contributed by atoms with Gasteiger partial charge in [-0.3, -0.25) is 0 Å². The monoisotopic (exact) mass is 315 g/mol. The standard InChI is InChI=1S/C14H16F3N3O2/c15-14(16,17)10-1-2-12(18-5-10)19-6-11-4-8-3-9(8)7-20(11)13(21)22/h1-2,5,8-9,11H,3-4,6-7H2,(H,18,19)(H,21,22). The number of fused-ring (bicyclic) bond motifs is 1. The maximum Gasteiger partial charge on any atom is 0.417 e. The summed E-state index contributed by atoms with van der Waals surface area (Å²) in [4.78, 5) is 16.4. The van der Waals surface area contributed by atoms with Crippen molar-refractivity contribution in [3.05, 3.63) is 23.9 Å². The number of nitrogens with zero attached hydrogens (tertiary/aromatic N) is 2. The van der Waals surface area contributed by atoms with Crippen LogP contribution in [0.1, 0.15) is 18.4 Å². The van der Waals surface area contributed by atoms with E-state index in [0.717, 1.165) is 25.1 Å². The van der Waals surface area contributed by atoms with Gasteiger partial charge in [0.1, 0.15) is 5.82 Å². The lowest BCUT2D eigenvalue weighted by molar-refractivity contribution is -0.137. The Balaban J connectivity index is 1.60. The van der Waals surface area contributed by atoms with Crippen molar-refractivity contribution in [3.8, 4) is 0 Å². The number of alkyl halides is 3. The summed E-state index contributed by atoms with van der Waals surface area (Å²) >= 11 is 0. The summed E-state index contributed by atoms with van der Waals surface area (Å²) in [7, 11) is 0. The lowest BCUT2D eigenvalue weighted by atomic mass is 10.0. The number of anilines is 1. The first kappa shape index (κ1) is 14.9. The topological polar surface area (TPSA) is 65.5 Å². The molecule has 1 saturated heterocycles. The Morgan fingerprint density at radius 3 is 2.73 bits per heavy atom. The predicted octanol–water partition coefficient (Wildman–Crippen LogP) is 2.90. The molecule has 1 saturated carbocycles. The van der Waals surface area contributed by atoms with Crippen LogP contribution in [0.5, 0.6) is 0 Å². The number of nitrogens with one attached hydrogen (secondary N) is 1. The van der Waals surface area contributed by atoms with Crippen LogP contribution in [0.25, 0.3) is 0 Å². The van der Waals surface area contributed by atoms with Crippen molar-refractivity contribution in [3.63, 3.8) is 0 Å². The number of hydrogen-bond donors (Lipinski definition) is 2. The normalized spacial score (nSPS) is 27.2. The molecular formula is C14H16F3N3O2. The second-order valence-corrected chi connectivity index (χ2v) is 5.89. The summed E-state index contributed by atoms with van der Waals surface area (Å²) in [6.07, 6.45) is -2.72. The Morgan fingerprint density at radius 1 is 1.36 bits per heavy atom. The molecule has 1 aromatic heterocycles. The van der Waals surface area contributed by atoms with Crippen LogP contribution in [0.4, 0.5) is 23.8 Å². The molecule has 2 heterocycles. The van der Waals surface area contributed by atoms with Gasteiger partial charge in [0.2, 0.25) is 0 Å². The number of aromatic nitrogens is 1. The second kappa shape index (κ2) is 5.33. The van der Waals surface area contributed by atoms with Crippen LogP contribution < -0.4 is 5.32 Å². The van der Waals surface area contributed by atoms with Crippen LogP contribution in [-0.4, -0.2) is 40.2 Å². The molecule has 1 amide bonds. The number of likely N-dealkylation sites (tertiary alicyclic amines) is 1. The fourth-order valence-corrected chi connectivity index (χ4v) is 3.02. The van der Waals surface area contributed by atoms with Gasteiger partial charge in [0.25, 0.3) is 0 Å². The minimum absolute atomic E-state index is 0.162. The zero-order valence-electron chi connectivity index (χ0n) is 11.7. The third kappa shape index (κ3) is 3.10. The van der Waals surface area contributed by atoms with Gasteiger partial charge in [-0.1, -0.05) is 0 Å².